The molecule has 1 aliphatic rings. The minimum atomic E-state index is -0.117. The first-order valence-corrected chi connectivity index (χ1v) is 7.62. The van der Waals surface area contributed by atoms with Crippen molar-refractivity contribution in [3.05, 3.63) is 0 Å². The van der Waals surface area contributed by atoms with Crippen LogP contribution in [0.25, 0.3) is 0 Å². The third-order valence-electron chi connectivity index (χ3n) is 3.26. The van der Waals surface area contributed by atoms with Crippen molar-refractivity contribution >= 4 is 17.7 Å². The topological polar surface area (TPSA) is 41.1 Å². The maximum absolute atomic E-state index is 12.2. The zero-order valence-corrected chi connectivity index (χ0v) is 11.3. The zero-order valence-electron chi connectivity index (χ0n) is 10.5. The molecule has 16 heavy (non-hydrogen) atoms. The van der Waals surface area contributed by atoms with E-state index in [-0.39, 0.29) is 11.3 Å². The number of carbonyl (C=O) groups excluding carboxylic acids is 1. The molecule has 0 bridgehead atoms. The minimum Gasteiger partial charge on any atom is -0.356 e. The summed E-state index contributed by atoms with van der Waals surface area (Å²) in [6.45, 7) is 4.82. The number of carbonyl (C=O) groups is 1. The highest BCUT2D eigenvalue weighted by Crippen LogP contribution is 2.31. The van der Waals surface area contributed by atoms with Gasteiger partial charge in [-0.2, -0.15) is 11.8 Å². The summed E-state index contributed by atoms with van der Waals surface area (Å²) in [5.74, 6) is 1.39. The van der Waals surface area contributed by atoms with Crippen LogP contribution in [0.3, 0.4) is 0 Å². The lowest BCUT2D eigenvalue weighted by atomic mass is 9.81. The third-order valence-corrected chi connectivity index (χ3v) is 3.96. The van der Waals surface area contributed by atoms with Gasteiger partial charge in [0.1, 0.15) is 0 Å². The van der Waals surface area contributed by atoms with Crippen molar-refractivity contribution < 1.29 is 4.79 Å². The zero-order chi connectivity index (χ0) is 11.9. The fraction of sp³-hybridized carbons (Fsp3) is 0.917. The van der Waals surface area contributed by atoms with Gasteiger partial charge in [-0.15, -0.1) is 0 Å². The second-order valence-electron chi connectivity index (χ2n) is 4.56. The lowest BCUT2D eigenvalue weighted by molar-refractivity contribution is -0.130. The van der Waals surface area contributed by atoms with Gasteiger partial charge in [-0.3, -0.25) is 4.79 Å². The van der Waals surface area contributed by atoms with E-state index in [2.05, 4.69) is 23.8 Å². The van der Waals surface area contributed by atoms with E-state index in [1.54, 1.807) is 0 Å². The van der Waals surface area contributed by atoms with E-state index in [0.29, 0.717) is 0 Å². The van der Waals surface area contributed by atoms with Crippen LogP contribution >= 0.6 is 11.8 Å². The van der Waals surface area contributed by atoms with Crippen LogP contribution in [0, 0.1) is 5.41 Å². The fourth-order valence-electron chi connectivity index (χ4n) is 2.35. The van der Waals surface area contributed by atoms with E-state index in [4.69, 9.17) is 0 Å². The molecule has 94 valence electrons. The largest absolute Gasteiger partial charge is 0.356 e. The average Bonchev–Trinajstić information content (AvgIpc) is 2.74. The minimum absolute atomic E-state index is 0.117. The molecule has 1 atom stereocenters. The Labute approximate surface area is 103 Å². The fourth-order valence-corrected chi connectivity index (χ4v) is 2.78. The molecule has 4 heteroatoms. The molecule has 0 aromatic rings. The molecular formula is C12H24N2OS. The monoisotopic (exact) mass is 244 g/mol. The summed E-state index contributed by atoms with van der Waals surface area (Å²) in [5.41, 5.74) is -0.117. The standard InChI is InChI=1S/C12H24N2OS/c1-3-5-12(6-8-13-10-12)11(15)14-7-4-9-16-2/h13H,3-10H2,1-2H3,(H,14,15). The molecule has 0 aromatic carbocycles. The molecule has 1 unspecified atom stereocenters. The predicted octanol–water partition coefficient (Wildman–Crippen LogP) is 1.64. The number of rotatable bonds is 7. The van der Waals surface area contributed by atoms with Crippen molar-refractivity contribution in [3.63, 3.8) is 0 Å². The lowest BCUT2D eigenvalue weighted by Crippen LogP contribution is -2.42. The Bertz CT molecular complexity index is 215. The van der Waals surface area contributed by atoms with Crippen molar-refractivity contribution in [1.29, 1.82) is 0 Å². The normalized spacial score (nSPS) is 24.6. The Kier molecular flexibility index (Phi) is 6.21. The maximum Gasteiger partial charge on any atom is 0.227 e. The second-order valence-corrected chi connectivity index (χ2v) is 5.54. The van der Waals surface area contributed by atoms with E-state index in [1.165, 1.54) is 0 Å². The SMILES string of the molecule is CCCC1(C(=O)NCCCSC)CCNC1. The maximum atomic E-state index is 12.2. The number of hydrogen-bond acceptors (Lipinski definition) is 3. The molecular weight excluding hydrogens is 220 g/mol. The van der Waals surface area contributed by atoms with Gasteiger partial charge in [-0.25, -0.2) is 0 Å². The first-order valence-electron chi connectivity index (χ1n) is 6.23. The molecule has 0 saturated carbocycles. The molecule has 0 aliphatic carbocycles. The van der Waals surface area contributed by atoms with Crippen LogP contribution in [-0.2, 0) is 4.79 Å². The molecule has 1 aliphatic heterocycles. The summed E-state index contributed by atoms with van der Waals surface area (Å²) in [7, 11) is 0. The van der Waals surface area contributed by atoms with Gasteiger partial charge in [0.2, 0.25) is 5.91 Å². The predicted molar refractivity (Wildman–Crippen MR) is 70.8 cm³/mol. The summed E-state index contributed by atoms with van der Waals surface area (Å²) < 4.78 is 0. The number of hydrogen-bond donors (Lipinski definition) is 2. The van der Waals surface area contributed by atoms with E-state index >= 15 is 0 Å². The Hall–Kier alpha value is -0.220. The van der Waals surface area contributed by atoms with E-state index in [9.17, 15) is 4.79 Å². The molecule has 1 heterocycles. The number of nitrogens with one attached hydrogen (secondary N) is 2. The van der Waals surface area contributed by atoms with Gasteiger partial charge >= 0.3 is 0 Å². The van der Waals surface area contributed by atoms with Gasteiger partial charge in [0, 0.05) is 13.1 Å². The molecule has 1 fully saturated rings. The first-order chi connectivity index (χ1) is 7.75. The van der Waals surface area contributed by atoms with Crippen molar-refractivity contribution in [2.24, 2.45) is 5.41 Å². The quantitative estimate of drug-likeness (QED) is 0.669. The molecule has 1 amide bonds. The van der Waals surface area contributed by atoms with Gasteiger partial charge in [0.05, 0.1) is 5.41 Å². The Morgan fingerprint density at radius 1 is 1.56 bits per heavy atom. The molecule has 3 nitrogen and oxygen atoms in total. The highest BCUT2D eigenvalue weighted by molar-refractivity contribution is 7.98. The average molecular weight is 244 g/mol. The van der Waals surface area contributed by atoms with Gasteiger partial charge in [-0.05, 0) is 37.8 Å². The van der Waals surface area contributed by atoms with Crippen molar-refractivity contribution in [2.45, 2.75) is 32.6 Å². The lowest BCUT2D eigenvalue weighted by Gasteiger charge is -2.26. The second kappa shape index (κ2) is 7.17. The highest BCUT2D eigenvalue weighted by atomic mass is 32.2. The first kappa shape index (κ1) is 13.8. The van der Waals surface area contributed by atoms with Crippen molar-refractivity contribution in [3.8, 4) is 0 Å². The van der Waals surface area contributed by atoms with Crippen LogP contribution in [-0.4, -0.2) is 37.6 Å². The van der Waals surface area contributed by atoms with E-state index in [0.717, 1.165) is 51.1 Å². The van der Waals surface area contributed by atoms with Crippen LogP contribution in [0.1, 0.15) is 32.6 Å². The van der Waals surface area contributed by atoms with Crippen LogP contribution in [0.2, 0.25) is 0 Å². The molecule has 0 radical (unpaired) electrons. The highest BCUT2D eigenvalue weighted by Gasteiger charge is 2.39. The van der Waals surface area contributed by atoms with Crippen molar-refractivity contribution in [2.75, 3.05) is 31.6 Å². The Balaban J connectivity index is 2.36. The van der Waals surface area contributed by atoms with Gasteiger partial charge in [0.25, 0.3) is 0 Å². The molecule has 0 spiro atoms. The summed E-state index contributed by atoms with van der Waals surface area (Å²) in [6, 6.07) is 0. The molecule has 2 N–H and O–H groups in total. The molecule has 1 saturated heterocycles. The van der Waals surface area contributed by atoms with Crippen LogP contribution in [0.4, 0.5) is 0 Å². The van der Waals surface area contributed by atoms with Crippen LogP contribution in [0.15, 0.2) is 0 Å². The summed E-state index contributed by atoms with van der Waals surface area (Å²) >= 11 is 1.83. The van der Waals surface area contributed by atoms with Crippen molar-refractivity contribution in [1.82, 2.24) is 10.6 Å². The molecule has 1 rings (SSSR count). The van der Waals surface area contributed by atoms with E-state index < -0.39 is 0 Å². The third kappa shape index (κ3) is 3.67. The summed E-state index contributed by atoms with van der Waals surface area (Å²) in [5, 5.41) is 6.41. The van der Waals surface area contributed by atoms with E-state index in [1.807, 2.05) is 11.8 Å². The summed E-state index contributed by atoms with van der Waals surface area (Å²) in [4.78, 5) is 12.2. The number of amides is 1. The molecule has 0 aromatic heterocycles. The Morgan fingerprint density at radius 2 is 2.38 bits per heavy atom. The van der Waals surface area contributed by atoms with Gasteiger partial charge in [0.15, 0.2) is 0 Å². The summed E-state index contributed by atoms with van der Waals surface area (Å²) in [6.07, 6.45) is 6.26. The van der Waals surface area contributed by atoms with Crippen LogP contribution in [0.5, 0.6) is 0 Å². The Morgan fingerprint density at radius 3 is 2.94 bits per heavy atom. The smallest absolute Gasteiger partial charge is 0.227 e. The number of thioether (sulfide) groups is 1. The van der Waals surface area contributed by atoms with Gasteiger partial charge in [-0.1, -0.05) is 13.3 Å². The van der Waals surface area contributed by atoms with Gasteiger partial charge < -0.3 is 10.6 Å². The van der Waals surface area contributed by atoms with Crippen LogP contribution < -0.4 is 10.6 Å².